The zero-order valence-corrected chi connectivity index (χ0v) is 10.1. The van der Waals surface area contributed by atoms with Gasteiger partial charge in [-0.15, -0.1) is 0 Å². The highest BCUT2D eigenvalue weighted by Crippen LogP contribution is 2.07. The van der Waals surface area contributed by atoms with Crippen LogP contribution in [0.1, 0.15) is 0 Å². The number of rotatable bonds is 4. The van der Waals surface area contributed by atoms with Crippen LogP contribution >= 0.6 is 0 Å². The lowest BCUT2D eigenvalue weighted by molar-refractivity contribution is 0.294. The maximum atomic E-state index is 11.7. The number of hydrogen-bond donors (Lipinski definition) is 0. The van der Waals surface area contributed by atoms with Crippen LogP contribution in [-0.2, 0) is 13.6 Å². The van der Waals surface area contributed by atoms with Gasteiger partial charge in [-0.25, -0.2) is 4.79 Å². The first-order chi connectivity index (χ1) is 8.68. The van der Waals surface area contributed by atoms with Crippen molar-refractivity contribution in [1.29, 1.82) is 0 Å². The number of aromatic nitrogens is 2. The summed E-state index contributed by atoms with van der Waals surface area (Å²) in [6, 6.07) is 10.7. The van der Waals surface area contributed by atoms with E-state index >= 15 is 0 Å². The van der Waals surface area contributed by atoms with Gasteiger partial charge in [0.25, 0.3) is 5.56 Å². The summed E-state index contributed by atoms with van der Waals surface area (Å²) in [5.74, 6) is 0.760. The van der Waals surface area contributed by atoms with E-state index in [-0.39, 0.29) is 11.2 Å². The molecule has 0 fully saturated rings. The van der Waals surface area contributed by atoms with Crippen molar-refractivity contribution in [3.05, 3.63) is 63.4 Å². The van der Waals surface area contributed by atoms with Crippen molar-refractivity contribution in [2.75, 3.05) is 6.61 Å². The Balaban J connectivity index is 2.02. The lowest BCUT2D eigenvalue weighted by atomic mass is 10.3. The normalized spacial score (nSPS) is 10.3. The fourth-order valence-corrected chi connectivity index (χ4v) is 1.56. The third-order valence-corrected chi connectivity index (χ3v) is 2.60. The Labute approximate surface area is 104 Å². The average molecular weight is 246 g/mol. The smallest absolute Gasteiger partial charge is 0.330 e. The highest BCUT2D eigenvalue weighted by atomic mass is 16.5. The Hall–Kier alpha value is -2.30. The molecular weight excluding hydrogens is 232 g/mol. The molecule has 94 valence electrons. The van der Waals surface area contributed by atoms with Crippen LogP contribution in [0.3, 0.4) is 0 Å². The minimum absolute atomic E-state index is 0.305. The van der Waals surface area contributed by atoms with Crippen LogP contribution in [0.2, 0.25) is 0 Å². The first-order valence-electron chi connectivity index (χ1n) is 5.63. The Morgan fingerprint density at radius 1 is 1.11 bits per heavy atom. The van der Waals surface area contributed by atoms with Gasteiger partial charge in [0.1, 0.15) is 12.4 Å². The molecule has 0 aliphatic carbocycles. The van der Waals surface area contributed by atoms with Crippen molar-refractivity contribution >= 4 is 0 Å². The molecule has 0 amide bonds. The molecule has 0 atom stereocenters. The quantitative estimate of drug-likeness (QED) is 0.795. The van der Waals surface area contributed by atoms with E-state index in [1.807, 2.05) is 30.3 Å². The second-order valence-electron chi connectivity index (χ2n) is 3.85. The van der Waals surface area contributed by atoms with Gasteiger partial charge >= 0.3 is 5.69 Å². The molecule has 2 rings (SSSR count). The van der Waals surface area contributed by atoms with Crippen molar-refractivity contribution in [2.45, 2.75) is 6.54 Å². The summed E-state index contributed by atoms with van der Waals surface area (Å²) >= 11 is 0. The van der Waals surface area contributed by atoms with E-state index in [1.165, 1.54) is 23.9 Å². The summed E-state index contributed by atoms with van der Waals surface area (Å²) in [5.41, 5.74) is -0.639. The minimum atomic E-state index is -0.334. The summed E-state index contributed by atoms with van der Waals surface area (Å²) in [6.07, 6.45) is 1.49. The van der Waals surface area contributed by atoms with Gasteiger partial charge in [0.2, 0.25) is 0 Å². The standard InChI is InChI=1S/C13H14N2O3/c1-14-12(16)7-8-15(13(14)17)9-10-18-11-5-3-2-4-6-11/h2-8H,9-10H2,1H3. The molecule has 0 saturated carbocycles. The minimum Gasteiger partial charge on any atom is -0.492 e. The van der Waals surface area contributed by atoms with Gasteiger partial charge in [0.05, 0.1) is 6.54 Å². The number of benzene rings is 1. The number of para-hydroxylation sites is 1. The van der Waals surface area contributed by atoms with Gasteiger partial charge in [-0.2, -0.15) is 0 Å². The van der Waals surface area contributed by atoms with Crippen molar-refractivity contribution < 1.29 is 4.74 Å². The Morgan fingerprint density at radius 3 is 2.56 bits per heavy atom. The fraction of sp³-hybridized carbons (Fsp3) is 0.231. The summed E-state index contributed by atoms with van der Waals surface area (Å²) in [4.78, 5) is 22.9. The molecule has 1 aromatic heterocycles. The molecule has 0 spiro atoms. The molecular formula is C13H14N2O3. The largest absolute Gasteiger partial charge is 0.492 e. The predicted molar refractivity (Wildman–Crippen MR) is 67.9 cm³/mol. The third kappa shape index (κ3) is 2.68. The van der Waals surface area contributed by atoms with Gasteiger partial charge in [-0.1, -0.05) is 18.2 Å². The van der Waals surface area contributed by atoms with Gasteiger partial charge in [0, 0.05) is 19.3 Å². The van der Waals surface area contributed by atoms with Crippen LogP contribution < -0.4 is 16.0 Å². The van der Waals surface area contributed by atoms with E-state index in [1.54, 1.807) is 0 Å². The third-order valence-electron chi connectivity index (χ3n) is 2.60. The number of hydrogen-bond acceptors (Lipinski definition) is 3. The second kappa shape index (κ2) is 5.35. The first kappa shape index (κ1) is 12.2. The van der Waals surface area contributed by atoms with Gasteiger partial charge in [0.15, 0.2) is 0 Å². The van der Waals surface area contributed by atoms with E-state index in [0.29, 0.717) is 13.2 Å². The highest BCUT2D eigenvalue weighted by Gasteiger charge is 2.00. The van der Waals surface area contributed by atoms with E-state index in [0.717, 1.165) is 10.3 Å². The predicted octanol–water partition coefficient (Wildman–Crippen LogP) is 0.626. The van der Waals surface area contributed by atoms with E-state index in [4.69, 9.17) is 4.74 Å². The van der Waals surface area contributed by atoms with Gasteiger partial charge in [-0.05, 0) is 12.1 Å². The average Bonchev–Trinajstić information content (AvgIpc) is 2.40. The van der Waals surface area contributed by atoms with Crippen LogP contribution in [0.4, 0.5) is 0 Å². The highest BCUT2D eigenvalue weighted by molar-refractivity contribution is 5.20. The molecule has 1 aromatic carbocycles. The van der Waals surface area contributed by atoms with Gasteiger partial charge in [-0.3, -0.25) is 13.9 Å². The zero-order chi connectivity index (χ0) is 13.0. The molecule has 0 aliphatic heterocycles. The molecule has 5 nitrogen and oxygen atoms in total. The molecule has 0 bridgehead atoms. The molecule has 0 saturated heterocycles. The van der Waals surface area contributed by atoms with Crippen molar-refractivity contribution in [2.24, 2.45) is 7.05 Å². The lowest BCUT2D eigenvalue weighted by Gasteiger charge is -2.08. The van der Waals surface area contributed by atoms with Crippen LogP contribution in [0.25, 0.3) is 0 Å². The zero-order valence-electron chi connectivity index (χ0n) is 10.1. The summed E-state index contributed by atoms with van der Waals surface area (Å²) in [7, 11) is 1.46. The van der Waals surface area contributed by atoms with Gasteiger partial charge < -0.3 is 4.74 Å². The molecule has 18 heavy (non-hydrogen) atoms. The first-order valence-corrected chi connectivity index (χ1v) is 5.63. The van der Waals surface area contributed by atoms with E-state index in [2.05, 4.69) is 0 Å². The van der Waals surface area contributed by atoms with E-state index in [9.17, 15) is 9.59 Å². The Bertz CT molecular complexity index is 629. The monoisotopic (exact) mass is 246 g/mol. The molecule has 0 N–H and O–H groups in total. The maximum absolute atomic E-state index is 11.7. The van der Waals surface area contributed by atoms with Crippen LogP contribution in [0.5, 0.6) is 5.75 Å². The van der Waals surface area contributed by atoms with Crippen LogP contribution in [0, 0.1) is 0 Å². The topological polar surface area (TPSA) is 53.2 Å². The Kier molecular flexibility index (Phi) is 3.62. The lowest BCUT2D eigenvalue weighted by Crippen LogP contribution is -2.37. The molecule has 5 heteroatoms. The molecule has 0 unspecified atom stereocenters. The molecule has 0 aliphatic rings. The second-order valence-corrected chi connectivity index (χ2v) is 3.85. The summed E-state index contributed by atoms with van der Waals surface area (Å²) < 4.78 is 8.01. The van der Waals surface area contributed by atoms with Crippen LogP contribution in [0.15, 0.2) is 52.2 Å². The molecule has 0 radical (unpaired) electrons. The summed E-state index contributed by atoms with van der Waals surface area (Å²) in [6.45, 7) is 0.782. The van der Waals surface area contributed by atoms with E-state index < -0.39 is 0 Å². The Morgan fingerprint density at radius 2 is 1.83 bits per heavy atom. The van der Waals surface area contributed by atoms with Crippen LogP contribution in [-0.4, -0.2) is 15.7 Å². The summed E-state index contributed by atoms with van der Waals surface area (Å²) in [5, 5.41) is 0. The SMILES string of the molecule is Cn1c(=O)ccn(CCOc2ccccc2)c1=O. The number of nitrogens with zero attached hydrogens (tertiary/aromatic N) is 2. The molecule has 2 aromatic rings. The maximum Gasteiger partial charge on any atom is 0.330 e. The van der Waals surface area contributed by atoms with Crippen molar-refractivity contribution in [1.82, 2.24) is 9.13 Å². The number of ether oxygens (including phenoxy) is 1. The molecule has 1 heterocycles. The van der Waals surface area contributed by atoms with Crippen molar-refractivity contribution in [3.8, 4) is 5.75 Å². The fourth-order valence-electron chi connectivity index (χ4n) is 1.56. The van der Waals surface area contributed by atoms with Crippen molar-refractivity contribution in [3.63, 3.8) is 0 Å².